The quantitative estimate of drug-likeness (QED) is 0.587. The van der Waals surface area contributed by atoms with Crippen LogP contribution >= 0.6 is 0 Å². The number of rotatable bonds is 4. The van der Waals surface area contributed by atoms with E-state index in [0.717, 1.165) is 23.5 Å². The van der Waals surface area contributed by atoms with Crippen molar-refractivity contribution in [2.75, 3.05) is 7.11 Å². The maximum absolute atomic E-state index is 12.8. The minimum Gasteiger partial charge on any atom is -0.464 e. The fourth-order valence-electron chi connectivity index (χ4n) is 3.05. The van der Waals surface area contributed by atoms with Crippen LogP contribution in [0.5, 0.6) is 0 Å². The summed E-state index contributed by atoms with van der Waals surface area (Å²) in [6.07, 6.45) is 1.57. The Labute approximate surface area is 146 Å². The third-order valence-corrected chi connectivity index (χ3v) is 4.37. The number of ether oxygens (including phenoxy) is 1. The minimum atomic E-state index is -0.762. The number of carbonyl (C=O) groups is 1. The molecule has 3 rings (SSSR count). The normalized spacial score (nSPS) is 11.4. The van der Waals surface area contributed by atoms with Crippen molar-refractivity contribution < 1.29 is 9.53 Å². The van der Waals surface area contributed by atoms with Crippen LogP contribution in [0.15, 0.2) is 20.4 Å². The molecule has 0 aliphatic rings. The second-order valence-corrected chi connectivity index (χ2v) is 5.99. The molecule has 0 atom stereocenters. The number of aryl methyl sites for hydroxylation is 2. The summed E-state index contributed by atoms with van der Waals surface area (Å²) >= 11 is 0. The van der Waals surface area contributed by atoms with Crippen molar-refractivity contribution in [3.63, 3.8) is 0 Å². The van der Waals surface area contributed by atoms with Gasteiger partial charge in [0.25, 0.3) is 11.1 Å². The second kappa shape index (κ2) is 6.28. The van der Waals surface area contributed by atoms with E-state index < -0.39 is 22.8 Å². The molecule has 3 aromatic rings. The average Bonchev–Trinajstić information content (AvgIpc) is 2.95. The molecule has 0 unspecified atom stereocenters. The van der Waals surface area contributed by atoms with Gasteiger partial charge >= 0.3 is 11.7 Å². The van der Waals surface area contributed by atoms with E-state index in [0.29, 0.717) is 6.54 Å². The third kappa shape index (κ3) is 2.37. The summed E-state index contributed by atoms with van der Waals surface area (Å²) in [5.74, 6) is -0.637. The van der Waals surface area contributed by atoms with Gasteiger partial charge in [-0.1, -0.05) is 13.3 Å². The first-order valence-electron chi connectivity index (χ1n) is 8.13. The van der Waals surface area contributed by atoms with Crippen molar-refractivity contribution in [2.24, 2.45) is 14.1 Å². The summed E-state index contributed by atoms with van der Waals surface area (Å²) in [5.41, 5.74) is -1.40. The molecule has 0 spiro atoms. The van der Waals surface area contributed by atoms with Crippen molar-refractivity contribution in [1.29, 1.82) is 0 Å². The fourth-order valence-corrected chi connectivity index (χ4v) is 3.05. The van der Waals surface area contributed by atoms with E-state index >= 15 is 0 Å². The first-order chi connectivity index (χ1) is 12.3. The minimum absolute atomic E-state index is 0.0917. The molecule has 10 heteroatoms. The highest BCUT2D eigenvalue weighted by Crippen LogP contribution is 2.18. The van der Waals surface area contributed by atoms with Crippen LogP contribution in [-0.2, 0) is 25.4 Å². The predicted molar refractivity (Wildman–Crippen MR) is 93.7 cm³/mol. The van der Waals surface area contributed by atoms with Crippen molar-refractivity contribution in [2.45, 2.75) is 26.3 Å². The highest BCUT2D eigenvalue weighted by Gasteiger charge is 2.24. The van der Waals surface area contributed by atoms with Gasteiger partial charge in [-0.15, -0.1) is 0 Å². The van der Waals surface area contributed by atoms with Crippen molar-refractivity contribution in [3.8, 4) is 0 Å². The van der Waals surface area contributed by atoms with Gasteiger partial charge in [-0.25, -0.2) is 9.59 Å². The van der Waals surface area contributed by atoms with Gasteiger partial charge in [-0.05, 0) is 6.42 Å². The molecular formula is C16H19N5O5. The molecule has 26 heavy (non-hydrogen) atoms. The van der Waals surface area contributed by atoms with Gasteiger partial charge < -0.3 is 9.30 Å². The zero-order valence-electron chi connectivity index (χ0n) is 15.0. The summed E-state index contributed by atoms with van der Waals surface area (Å²) in [5, 5.41) is 0. The van der Waals surface area contributed by atoms with Gasteiger partial charge in [0.05, 0.1) is 7.11 Å². The molecule has 3 heterocycles. The Balaban J connectivity index is 2.69. The number of methoxy groups -OCH3 is 1. The number of aromatic nitrogens is 5. The molecule has 0 radical (unpaired) electrons. The van der Waals surface area contributed by atoms with Gasteiger partial charge in [0, 0.05) is 26.7 Å². The van der Waals surface area contributed by atoms with Crippen LogP contribution in [0.1, 0.15) is 30.3 Å². The first kappa shape index (κ1) is 17.6. The monoisotopic (exact) mass is 361 g/mol. The largest absolute Gasteiger partial charge is 0.464 e. The van der Waals surface area contributed by atoms with E-state index in [1.807, 2.05) is 6.92 Å². The Bertz CT molecular complexity index is 1210. The number of nitrogens with zero attached hydrogens (tertiary/aromatic N) is 5. The van der Waals surface area contributed by atoms with E-state index in [4.69, 9.17) is 4.74 Å². The molecule has 0 aliphatic heterocycles. The molecule has 0 fully saturated rings. The number of hydrogen-bond donors (Lipinski definition) is 0. The van der Waals surface area contributed by atoms with Gasteiger partial charge in [0.2, 0.25) is 5.78 Å². The van der Waals surface area contributed by atoms with Gasteiger partial charge in [-0.3, -0.25) is 23.1 Å². The molecule has 0 amide bonds. The Hall–Kier alpha value is -3.17. The molecule has 10 nitrogen and oxygen atoms in total. The van der Waals surface area contributed by atoms with Crippen molar-refractivity contribution in [3.05, 3.63) is 43.0 Å². The molecule has 0 saturated heterocycles. The van der Waals surface area contributed by atoms with Gasteiger partial charge in [-0.2, -0.15) is 4.98 Å². The summed E-state index contributed by atoms with van der Waals surface area (Å²) in [6.45, 7) is 2.40. The van der Waals surface area contributed by atoms with Gasteiger partial charge in [0.1, 0.15) is 5.69 Å². The molecule has 0 bridgehead atoms. The standard InChI is InChI=1S/C16H19N5O5/c1-5-6-7-20-11-12(18(2)16(25)19(3)13(11)23)21-9(14(24)26-4)8-10(22)17-15(20)21/h8H,5-7H2,1-4H3. The molecule has 138 valence electrons. The van der Waals surface area contributed by atoms with Crippen LogP contribution in [0, 0.1) is 0 Å². The second-order valence-electron chi connectivity index (χ2n) is 5.99. The summed E-state index contributed by atoms with van der Waals surface area (Å²) < 4.78 is 9.91. The average molecular weight is 361 g/mol. The van der Waals surface area contributed by atoms with E-state index in [2.05, 4.69) is 4.98 Å². The molecule has 3 aromatic heterocycles. The highest BCUT2D eigenvalue weighted by atomic mass is 16.5. The predicted octanol–water partition coefficient (Wildman–Crippen LogP) is -0.367. The smallest absolute Gasteiger partial charge is 0.355 e. The molecule has 0 aliphatic carbocycles. The zero-order valence-corrected chi connectivity index (χ0v) is 15.0. The van der Waals surface area contributed by atoms with Crippen LogP contribution in [0.25, 0.3) is 16.9 Å². The van der Waals surface area contributed by atoms with E-state index in [1.165, 1.54) is 30.2 Å². The molecule has 0 N–H and O–H groups in total. The number of hydrogen-bond acceptors (Lipinski definition) is 6. The highest BCUT2D eigenvalue weighted by molar-refractivity contribution is 5.91. The summed E-state index contributed by atoms with van der Waals surface area (Å²) in [4.78, 5) is 53.4. The first-order valence-corrected chi connectivity index (χ1v) is 8.13. The summed E-state index contributed by atoms with van der Waals surface area (Å²) in [7, 11) is 4.06. The van der Waals surface area contributed by atoms with Crippen LogP contribution in [-0.4, -0.2) is 36.2 Å². The van der Waals surface area contributed by atoms with E-state index in [9.17, 15) is 19.2 Å². The lowest BCUT2D eigenvalue weighted by atomic mass is 10.3. The summed E-state index contributed by atoms with van der Waals surface area (Å²) in [6, 6.07) is 1.03. The lowest BCUT2D eigenvalue weighted by molar-refractivity contribution is 0.0592. The number of carbonyl (C=O) groups excluding carboxylic acids is 1. The maximum atomic E-state index is 12.8. The van der Waals surface area contributed by atoms with E-state index in [-0.39, 0.29) is 22.6 Å². The van der Waals surface area contributed by atoms with Crippen LogP contribution in [0.2, 0.25) is 0 Å². The van der Waals surface area contributed by atoms with E-state index in [1.54, 1.807) is 4.57 Å². The lowest BCUT2D eigenvalue weighted by Crippen LogP contribution is -2.37. The number of imidazole rings is 1. The fraction of sp³-hybridized carbons (Fsp3) is 0.438. The SMILES string of the molecule is CCCCn1c2c(=O)n(C)c(=O)n(C)c2n2c(C(=O)OC)cc(=O)nc12. The maximum Gasteiger partial charge on any atom is 0.355 e. The van der Waals surface area contributed by atoms with Crippen molar-refractivity contribution in [1.82, 2.24) is 23.1 Å². The third-order valence-electron chi connectivity index (χ3n) is 4.37. The van der Waals surface area contributed by atoms with Crippen LogP contribution in [0.3, 0.4) is 0 Å². The Morgan fingerprint density at radius 2 is 1.88 bits per heavy atom. The van der Waals surface area contributed by atoms with Crippen LogP contribution in [0.4, 0.5) is 0 Å². The topological polar surface area (TPSA) is 110 Å². The number of esters is 1. The van der Waals surface area contributed by atoms with Crippen molar-refractivity contribution >= 4 is 22.9 Å². The Kier molecular flexibility index (Phi) is 4.26. The van der Waals surface area contributed by atoms with Gasteiger partial charge in [0.15, 0.2) is 11.2 Å². The Morgan fingerprint density at radius 3 is 2.50 bits per heavy atom. The van der Waals surface area contributed by atoms with Crippen LogP contribution < -0.4 is 16.8 Å². The molecule has 0 saturated carbocycles. The number of fused-ring (bicyclic) bond motifs is 3. The lowest BCUT2D eigenvalue weighted by Gasteiger charge is -2.07. The Morgan fingerprint density at radius 1 is 1.19 bits per heavy atom. The molecular weight excluding hydrogens is 342 g/mol. The molecule has 0 aromatic carbocycles. The zero-order chi connectivity index (χ0) is 19.2. The number of unbranched alkanes of at least 4 members (excludes halogenated alkanes) is 1.